The highest BCUT2D eigenvalue weighted by Crippen LogP contribution is 2.22. The van der Waals surface area contributed by atoms with Crippen LogP contribution in [0.1, 0.15) is 25.2 Å². The average molecular weight is 317 g/mol. The maximum atomic E-state index is 12.2. The van der Waals surface area contributed by atoms with Crippen LogP contribution < -0.4 is 5.32 Å². The van der Waals surface area contributed by atoms with Crippen LogP contribution in [0.5, 0.6) is 0 Å². The van der Waals surface area contributed by atoms with E-state index >= 15 is 0 Å². The lowest BCUT2D eigenvalue weighted by Crippen LogP contribution is -2.32. The summed E-state index contributed by atoms with van der Waals surface area (Å²) in [4.78, 5) is 17.4. The van der Waals surface area contributed by atoms with E-state index in [0.717, 1.165) is 4.88 Å². The molecule has 0 saturated carbocycles. The number of aromatic nitrogens is 4. The Hall–Kier alpha value is -2.48. The van der Waals surface area contributed by atoms with Crippen molar-refractivity contribution < 1.29 is 9.32 Å². The Labute approximate surface area is 131 Å². The SMILES string of the molecule is CC[C@@H](C(=O)NCc1noc(-c2cccs2)n1)n1cccn1. The van der Waals surface area contributed by atoms with E-state index in [9.17, 15) is 4.79 Å². The second-order valence-corrected chi connectivity index (χ2v) is 5.57. The highest BCUT2D eigenvalue weighted by Gasteiger charge is 2.19. The lowest BCUT2D eigenvalue weighted by molar-refractivity contribution is -0.124. The maximum absolute atomic E-state index is 12.2. The van der Waals surface area contributed by atoms with Crippen LogP contribution in [0.25, 0.3) is 10.8 Å². The van der Waals surface area contributed by atoms with Crippen molar-refractivity contribution in [1.82, 2.24) is 25.2 Å². The molecule has 3 aromatic rings. The molecule has 7 nitrogen and oxygen atoms in total. The molecule has 1 N–H and O–H groups in total. The van der Waals surface area contributed by atoms with Crippen LogP contribution in [-0.4, -0.2) is 25.8 Å². The molecular formula is C14H15N5O2S. The summed E-state index contributed by atoms with van der Waals surface area (Å²) in [5, 5.41) is 12.7. The van der Waals surface area contributed by atoms with Crippen LogP contribution in [0.2, 0.25) is 0 Å². The van der Waals surface area contributed by atoms with E-state index < -0.39 is 0 Å². The van der Waals surface area contributed by atoms with Gasteiger partial charge in [-0.1, -0.05) is 18.1 Å². The van der Waals surface area contributed by atoms with Gasteiger partial charge in [0.15, 0.2) is 5.82 Å². The van der Waals surface area contributed by atoms with Crippen molar-refractivity contribution in [3.8, 4) is 10.8 Å². The predicted octanol–water partition coefficient (Wildman–Crippen LogP) is 2.26. The van der Waals surface area contributed by atoms with Gasteiger partial charge >= 0.3 is 0 Å². The number of amides is 1. The molecule has 0 saturated heterocycles. The van der Waals surface area contributed by atoms with E-state index in [-0.39, 0.29) is 18.5 Å². The highest BCUT2D eigenvalue weighted by atomic mass is 32.1. The molecule has 0 aliphatic carbocycles. The molecule has 3 heterocycles. The van der Waals surface area contributed by atoms with Gasteiger partial charge in [-0.2, -0.15) is 10.1 Å². The van der Waals surface area contributed by atoms with Gasteiger partial charge in [-0.3, -0.25) is 9.48 Å². The van der Waals surface area contributed by atoms with Crippen LogP contribution >= 0.6 is 11.3 Å². The number of thiophene rings is 1. The van der Waals surface area contributed by atoms with E-state index in [0.29, 0.717) is 18.1 Å². The van der Waals surface area contributed by atoms with E-state index in [2.05, 4.69) is 20.6 Å². The zero-order valence-corrected chi connectivity index (χ0v) is 12.8. The highest BCUT2D eigenvalue weighted by molar-refractivity contribution is 7.13. The van der Waals surface area contributed by atoms with Crippen LogP contribution in [0, 0.1) is 0 Å². The fraction of sp³-hybridized carbons (Fsp3) is 0.286. The third-order valence-corrected chi connectivity index (χ3v) is 4.01. The number of hydrogen-bond donors (Lipinski definition) is 1. The monoisotopic (exact) mass is 317 g/mol. The summed E-state index contributed by atoms with van der Waals surface area (Å²) in [6, 6.07) is 5.29. The smallest absolute Gasteiger partial charge is 0.268 e. The summed E-state index contributed by atoms with van der Waals surface area (Å²) in [5.74, 6) is 0.805. The predicted molar refractivity (Wildman–Crippen MR) is 81.0 cm³/mol. The minimum Gasteiger partial charge on any atom is -0.347 e. The van der Waals surface area contributed by atoms with Gasteiger partial charge in [0.1, 0.15) is 6.04 Å². The van der Waals surface area contributed by atoms with Gasteiger partial charge in [0.25, 0.3) is 5.89 Å². The molecular weight excluding hydrogens is 302 g/mol. The van der Waals surface area contributed by atoms with Gasteiger partial charge in [-0.15, -0.1) is 11.3 Å². The average Bonchev–Trinajstić information content (AvgIpc) is 3.26. The Balaban J connectivity index is 1.61. The Bertz CT molecular complexity index is 720. The molecule has 0 aliphatic heterocycles. The standard InChI is InChI=1S/C14H15N5O2S/c1-2-10(19-7-4-6-16-19)13(20)15-9-12-17-14(21-18-12)11-5-3-8-22-11/h3-8,10H,2,9H2,1H3,(H,15,20)/t10-/m0/s1. The lowest BCUT2D eigenvalue weighted by atomic mass is 10.2. The first-order valence-electron chi connectivity index (χ1n) is 6.91. The van der Waals surface area contributed by atoms with Crippen LogP contribution in [0.15, 0.2) is 40.5 Å². The molecule has 0 bridgehead atoms. The van der Waals surface area contributed by atoms with Crippen LogP contribution in [0.3, 0.4) is 0 Å². The molecule has 3 aromatic heterocycles. The fourth-order valence-corrected chi connectivity index (χ4v) is 2.71. The van der Waals surface area contributed by atoms with E-state index in [1.807, 2.05) is 24.4 Å². The summed E-state index contributed by atoms with van der Waals surface area (Å²) >= 11 is 1.53. The van der Waals surface area contributed by atoms with Crippen molar-refractivity contribution in [3.63, 3.8) is 0 Å². The number of carbonyl (C=O) groups excluding carboxylic acids is 1. The normalized spacial score (nSPS) is 12.2. The first-order valence-corrected chi connectivity index (χ1v) is 7.79. The van der Waals surface area contributed by atoms with Gasteiger partial charge in [0.2, 0.25) is 5.91 Å². The molecule has 22 heavy (non-hydrogen) atoms. The summed E-state index contributed by atoms with van der Waals surface area (Å²) in [6.45, 7) is 2.17. The largest absolute Gasteiger partial charge is 0.347 e. The number of nitrogens with zero attached hydrogens (tertiary/aromatic N) is 4. The summed E-state index contributed by atoms with van der Waals surface area (Å²) < 4.78 is 6.82. The molecule has 0 fully saturated rings. The Morgan fingerprint density at radius 2 is 2.41 bits per heavy atom. The second kappa shape index (κ2) is 6.52. The third-order valence-electron chi connectivity index (χ3n) is 3.15. The number of nitrogens with one attached hydrogen (secondary N) is 1. The van der Waals surface area contributed by atoms with E-state index in [1.54, 1.807) is 23.1 Å². The molecule has 1 amide bonds. The Morgan fingerprint density at radius 3 is 3.09 bits per heavy atom. The molecule has 8 heteroatoms. The Kier molecular flexibility index (Phi) is 4.29. The molecule has 0 aliphatic rings. The molecule has 0 radical (unpaired) electrons. The number of rotatable bonds is 6. The van der Waals surface area contributed by atoms with Gasteiger partial charge < -0.3 is 9.84 Å². The third kappa shape index (κ3) is 3.06. The topological polar surface area (TPSA) is 85.8 Å². The van der Waals surface area contributed by atoms with Gasteiger partial charge in [0, 0.05) is 12.4 Å². The van der Waals surface area contributed by atoms with Crippen molar-refractivity contribution in [3.05, 3.63) is 41.8 Å². The second-order valence-electron chi connectivity index (χ2n) is 4.62. The quantitative estimate of drug-likeness (QED) is 0.753. The van der Waals surface area contributed by atoms with Crippen LogP contribution in [0.4, 0.5) is 0 Å². The van der Waals surface area contributed by atoms with Crippen molar-refractivity contribution in [2.75, 3.05) is 0 Å². The molecule has 114 valence electrons. The van der Waals surface area contributed by atoms with Crippen molar-refractivity contribution in [2.45, 2.75) is 25.9 Å². The Morgan fingerprint density at radius 1 is 1.50 bits per heavy atom. The number of carbonyl (C=O) groups is 1. The van der Waals surface area contributed by atoms with Gasteiger partial charge in [-0.25, -0.2) is 0 Å². The maximum Gasteiger partial charge on any atom is 0.268 e. The lowest BCUT2D eigenvalue weighted by Gasteiger charge is -2.14. The van der Waals surface area contributed by atoms with Gasteiger partial charge in [0.05, 0.1) is 11.4 Å². The minimum atomic E-state index is -0.335. The van der Waals surface area contributed by atoms with Gasteiger partial charge in [-0.05, 0) is 23.9 Å². The fourth-order valence-electron chi connectivity index (χ4n) is 2.07. The summed E-state index contributed by atoms with van der Waals surface area (Å²) in [7, 11) is 0. The minimum absolute atomic E-state index is 0.117. The number of hydrogen-bond acceptors (Lipinski definition) is 6. The zero-order valence-electron chi connectivity index (χ0n) is 12.0. The zero-order chi connectivity index (χ0) is 15.4. The van der Waals surface area contributed by atoms with E-state index in [4.69, 9.17) is 4.52 Å². The van der Waals surface area contributed by atoms with Crippen molar-refractivity contribution in [1.29, 1.82) is 0 Å². The van der Waals surface area contributed by atoms with Crippen molar-refractivity contribution >= 4 is 17.2 Å². The summed E-state index contributed by atoms with van der Waals surface area (Å²) in [5.41, 5.74) is 0. The molecule has 0 unspecified atom stereocenters. The first kappa shape index (κ1) is 14.5. The molecule has 3 rings (SSSR count). The molecule has 0 aromatic carbocycles. The summed E-state index contributed by atoms with van der Waals surface area (Å²) in [6.07, 6.45) is 4.08. The first-order chi connectivity index (χ1) is 10.8. The van der Waals surface area contributed by atoms with E-state index in [1.165, 1.54) is 11.3 Å². The molecule has 1 atom stereocenters. The van der Waals surface area contributed by atoms with Crippen molar-refractivity contribution in [2.24, 2.45) is 0 Å². The molecule has 0 spiro atoms. The van der Waals surface area contributed by atoms with Crippen LogP contribution in [-0.2, 0) is 11.3 Å².